The van der Waals surface area contributed by atoms with Crippen LogP contribution in [0.25, 0.3) is 11.3 Å². The minimum absolute atomic E-state index is 0.0909. The number of hydrogen-bond donors (Lipinski definition) is 2. The predicted molar refractivity (Wildman–Crippen MR) is 67.6 cm³/mol. The van der Waals surface area contributed by atoms with Gasteiger partial charge in [-0.3, -0.25) is 4.79 Å². The number of anilines is 1. The van der Waals surface area contributed by atoms with Crippen LogP contribution >= 0.6 is 11.6 Å². The van der Waals surface area contributed by atoms with Crippen LogP contribution in [0.5, 0.6) is 0 Å². The second-order valence-electron chi connectivity index (χ2n) is 3.62. The third kappa shape index (κ3) is 2.26. The fraction of sp³-hybridized carbons (Fsp3) is 0. The third-order valence-corrected chi connectivity index (χ3v) is 2.60. The minimum Gasteiger partial charge on any atom is -0.397 e. The zero-order chi connectivity index (χ0) is 13.3. The Bertz CT molecular complexity index is 631. The molecule has 0 saturated heterocycles. The number of hydrogen-bond acceptors (Lipinski definition) is 3. The summed E-state index contributed by atoms with van der Waals surface area (Å²) < 4.78 is 13.6. The molecule has 0 aliphatic heterocycles. The van der Waals surface area contributed by atoms with E-state index >= 15 is 0 Å². The molecule has 0 bridgehead atoms. The van der Waals surface area contributed by atoms with Crippen LogP contribution in [-0.4, -0.2) is 10.9 Å². The molecule has 4 N–H and O–H groups in total. The average molecular weight is 266 g/mol. The van der Waals surface area contributed by atoms with Crippen LogP contribution in [0.4, 0.5) is 10.1 Å². The molecule has 0 saturated carbocycles. The highest BCUT2D eigenvalue weighted by molar-refractivity contribution is 6.30. The number of halogens is 2. The topological polar surface area (TPSA) is 82.0 Å². The van der Waals surface area contributed by atoms with Gasteiger partial charge in [-0.1, -0.05) is 11.6 Å². The van der Waals surface area contributed by atoms with Crippen LogP contribution < -0.4 is 11.5 Å². The smallest absolute Gasteiger partial charge is 0.269 e. The highest BCUT2D eigenvalue weighted by Gasteiger charge is 2.12. The lowest BCUT2D eigenvalue weighted by Gasteiger charge is -2.06. The number of carbonyl (C=O) groups is 1. The second-order valence-corrected chi connectivity index (χ2v) is 4.06. The maximum absolute atomic E-state index is 13.6. The fourth-order valence-electron chi connectivity index (χ4n) is 1.51. The first-order chi connectivity index (χ1) is 8.49. The Balaban J connectivity index is 2.61. The zero-order valence-corrected chi connectivity index (χ0v) is 9.91. The number of pyridine rings is 1. The summed E-state index contributed by atoms with van der Waals surface area (Å²) in [5.41, 5.74) is 11.2. The second kappa shape index (κ2) is 4.62. The van der Waals surface area contributed by atoms with Crippen LogP contribution in [-0.2, 0) is 0 Å². The van der Waals surface area contributed by atoms with Crippen LogP contribution in [0.3, 0.4) is 0 Å². The van der Waals surface area contributed by atoms with E-state index in [1.807, 2.05) is 0 Å². The van der Waals surface area contributed by atoms with Crippen LogP contribution in [0.2, 0.25) is 5.02 Å². The standard InChI is InChI=1S/C12H9ClFN3O/c13-6-1-2-8(14)7(5-6)10-4-3-9(15)11(17-10)12(16)18/h1-5H,15H2,(H2,16,18). The molecule has 0 spiro atoms. The molecule has 1 aromatic heterocycles. The Labute approximate surface area is 107 Å². The molecule has 0 aliphatic carbocycles. The molecule has 4 nitrogen and oxygen atoms in total. The maximum atomic E-state index is 13.6. The van der Waals surface area contributed by atoms with Gasteiger partial charge in [0.2, 0.25) is 0 Å². The molecule has 1 aromatic carbocycles. The van der Waals surface area contributed by atoms with Crippen molar-refractivity contribution in [1.82, 2.24) is 4.98 Å². The first-order valence-electron chi connectivity index (χ1n) is 5.01. The molecule has 2 aromatic rings. The van der Waals surface area contributed by atoms with E-state index in [1.165, 1.54) is 30.3 Å². The molecule has 6 heteroatoms. The molecule has 0 atom stereocenters. The number of aromatic nitrogens is 1. The normalized spacial score (nSPS) is 10.3. The lowest BCUT2D eigenvalue weighted by Crippen LogP contribution is -2.16. The number of rotatable bonds is 2. The SMILES string of the molecule is NC(=O)c1nc(-c2cc(Cl)ccc2F)ccc1N. The third-order valence-electron chi connectivity index (χ3n) is 2.36. The van der Waals surface area contributed by atoms with Crippen molar-refractivity contribution < 1.29 is 9.18 Å². The highest BCUT2D eigenvalue weighted by Crippen LogP contribution is 2.25. The fourth-order valence-corrected chi connectivity index (χ4v) is 1.68. The number of amides is 1. The van der Waals surface area contributed by atoms with Crippen LogP contribution in [0.1, 0.15) is 10.5 Å². The van der Waals surface area contributed by atoms with E-state index < -0.39 is 11.7 Å². The average Bonchev–Trinajstić information content (AvgIpc) is 2.33. The summed E-state index contributed by atoms with van der Waals surface area (Å²) in [5.74, 6) is -1.26. The predicted octanol–water partition coefficient (Wildman–Crippen LogP) is 2.22. The number of primary amides is 1. The Kier molecular flexibility index (Phi) is 3.16. The first-order valence-corrected chi connectivity index (χ1v) is 5.38. The van der Waals surface area contributed by atoms with Crippen LogP contribution in [0, 0.1) is 5.82 Å². The lowest BCUT2D eigenvalue weighted by atomic mass is 10.1. The van der Waals surface area contributed by atoms with Crippen molar-refractivity contribution in [2.24, 2.45) is 5.73 Å². The maximum Gasteiger partial charge on any atom is 0.269 e. The highest BCUT2D eigenvalue weighted by atomic mass is 35.5. The van der Waals surface area contributed by atoms with Gasteiger partial charge in [-0.25, -0.2) is 9.37 Å². The van der Waals surface area contributed by atoms with Gasteiger partial charge < -0.3 is 11.5 Å². The van der Waals surface area contributed by atoms with E-state index in [2.05, 4.69) is 4.98 Å². The van der Waals surface area contributed by atoms with Gasteiger partial charge >= 0.3 is 0 Å². The Hall–Kier alpha value is -2.14. The van der Waals surface area contributed by atoms with E-state index in [-0.39, 0.29) is 22.6 Å². The van der Waals surface area contributed by atoms with E-state index in [0.717, 1.165) is 0 Å². The summed E-state index contributed by atoms with van der Waals surface area (Å²) in [6.45, 7) is 0. The molecule has 0 unspecified atom stereocenters. The lowest BCUT2D eigenvalue weighted by molar-refractivity contribution is 0.0996. The van der Waals surface area contributed by atoms with Gasteiger partial charge in [-0.2, -0.15) is 0 Å². The monoisotopic (exact) mass is 265 g/mol. The van der Waals surface area contributed by atoms with Crippen molar-refractivity contribution in [3.8, 4) is 11.3 Å². The quantitative estimate of drug-likeness (QED) is 0.873. The van der Waals surface area contributed by atoms with Gasteiger partial charge in [-0.05, 0) is 30.3 Å². The van der Waals surface area contributed by atoms with Crippen molar-refractivity contribution in [3.63, 3.8) is 0 Å². The van der Waals surface area contributed by atoms with Gasteiger partial charge in [0.25, 0.3) is 5.91 Å². The minimum atomic E-state index is -0.767. The first kappa shape index (κ1) is 12.3. The molecule has 0 fully saturated rings. The van der Waals surface area contributed by atoms with E-state index in [9.17, 15) is 9.18 Å². The molecule has 1 heterocycles. The molecular weight excluding hydrogens is 257 g/mol. The summed E-state index contributed by atoms with van der Waals surface area (Å²) in [4.78, 5) is 15.1. The number of benzene rings is 1. The van der Waals surface area contributed by atoms with Gasteiger partial charge in [0.1, 0.15) is 5.82 Å². The van der Waals surface area contributed by atoms with Gasteiger partial charge in [0.15, 0.2) is 5.69 Å². The van der Waals surface area contributed by atoms with E-state index in [0.29, 0.717) is 5.02 Å². The number of nitrogen functional groups attached to an aromatic ring is 1. The Morgan fingerprint density at radius 1 is 1.28 bits per heavy atom. The van der Waals surface area contributed by atoms with Gasteiger partial charge in [-0.15, -0.1) is 0 Å². The Morgan fingerprint density at radius 2 is 2.00 bits per heavy atom. The van der Waals surface area contributed by atoms with Crippen molar-refractivity contribution in [1.29, 1.82) is 0 Å². The summed E-state index contributed by atoms with van der Waals surface area (Å²) in [5, 5.41) is 0.366. The summed E-state index contributed by atoms with van der Waals surface area (Å²) in [6.07, 6.45) is 0. The van der Waals surface area contributed by atoms with E-state index in [1.54, 1.807) is 0 Å². The van der Waals surface area contributed by atoms with Crippen LogP contribution in [0.15, 0.2) is 30.3 Å². The molecule has 18 heavy (non-hydrogen) atoms. The molecule has 2 rings (SSSR count). The van der Waals surface area contributed by atoms with E-state index in [4.69, 9.17) is 23.1 Å². The summed E-state index contributed by atoms with van der Waals surface area (Å²) >= 11 is 5.79. The Morgan fingerprint density at radius 3 is 2.67 bits per heavy atom. The summed E-state index contributed by atoms with van der Waals surface area (Å²) in [7, 11) is 0. The summed E-state index contributed by atoms with van der Waals surface area (Å²) in [6, 6.07) is 7.01. The van der Waals surface area contributed by atoms with Crippen molar-refractivity contribution >= 4 is 23.2 Å². The number of nitrogens with two attached hydrogens (primary N) is 2. The number of nitrogens with zero attached hydrogens (tertiary/aromatic N) is 1. The molecule has 92 valence electrons. The van der Waals surface area contributed by atoms with Crippen molar-refractivity contribution in [2.45, 2.75) is 0 Å². The van der Waals surface area contributed by atoms with Crippen molar-refractivity contribution in [2.75, 3.05) is 5.73 Å². The molecule has 1 amide bonds. The molecule has 0 aliphatic rings. The zero-order valence-electron chi connectivity index (χ0n) is 9.15. The van der Waals surface area contributed by atoms with Gasteiger partial charge in [0, 0.05) is 10.6 Å². The van der Waals surface area contributed by atoms with Crippen molar-refractivity contribution in [3.05, 3.63) is 46.9 Å². The van der Waals surface area contributed by atoms with Gasteiger partial charge in [0.05, 0.1) is 11.4 Å². The number of carbonyl (C=O) groups excluding carboxylic acids is 1. The molecule has 0 radical (unpaired) electrons. The largest absolute Gasteiger partial charge is 0.397 e. The molecular formula is C12H9ClFN3O.